The van der Waals surface area contributed by atoms with Gasteiger partial charge in [-0.05, 0) is 87.6 Å². The first-order valence-electron chi connectivity index (χ1n) is 21.1. The summed E-state index contributed by atoms with van der Waals surface area (Å²) in [6.45, 7) is 11.4. The summed E-state index contributed by atoms with van der Waals surface area (Å²) in [6.07, 6.45) is 7.31. The molecule has 346 valence electrons. The van der Waals surface area contributed by atoms with E-state index in [4.69, 9.17) is 10.5 Å². The van der Waals surface area contributed by atoms with E-state index in [0.717, 1.165) is 41.1 Å². The molecule has 3 fully saturated rings. The average molecular weight is 910 g/mol. The predicted molar refractivity (Wildman–Crippen MR) is 243 cm³/mol. The summed E-state index contributed by atoms with van der Waals surface area (Å²) >= 11 is 0. The minimum absolute atomic E-state index is 0.00950. The van der Waals surface area contributed by atoms with Crippen molar-refractivity contribution < 1.29 is 45.4 Å². The van der Waals surface area contributed by atoms with Gasteiger partial charge in [0.15, 0.2) is 5.43 Å². The molecule has 0 radical (unpaired) electrons. The molecule has 2 aliphatic carbocycles. The van der Waals surface area contributed by atoms with E-state index in [-0.39, 0.29) is 41.4 Å². The van der Waals surface area contributed by atoms with Gasteiger partial charge in [-0.3, -0.25) is 23.9 Å². The summed E-state index contributed by atoms with van der Waals surface area (Å²) in [5.74, 6) is -0.941. The highest BCUT2D eigenvalue weighted by Crippen LogP contribution is 2.44. The van der Waals surface area contributed by atoms with E-state index >= 15 is 0 Å². The van der Waals surface area contributed by atoms with Gasteiger partial charge >= 0.3 is 6.36 Å². The van der Waals surface area contributed by atoms with Gasteiger partial charge in [0, 0.05) is 47.4 Å². The van der Waals surface area contributed by atoms with Crippen LogP contribution in [0.1, 0.15) is 71.6 Å². The van der Waals surface area contributed by atoms with Gasteiger partial charge in [-0.25, -0.2) is 8.42 Å². The Labute approximate surface area is 372 Å². The van der Waals surface area contributed by atoms with E-state index in [1.807, 2.05) is 42.5 Å². The molecule has 2 saturated carbocycles. The summed E-state index contributed by atoms with van der Waals surface area (Å²) in [5, 5.41) is 3.38. The van der Waals surface area contributed by atoms with Crippen molar-refractivity contribution in [3.8, 4) is 22.8 Å². The molecule has 2 heterocycles. The zero-order chi connectivity index (χ0) is 47.1. The standard InChI is InChI=1S/C16H13NO2.C14H16F3N3O3.C10H15NO3S.C7H14/c1-19-12-7-8-13-15(9-12)17-14(10-16(13)18)11-5-3-2-4-6-11;15-14(16,17)23-10-4-1-3-9(7-10)19-8-12(21)20-6-2-5-11(20)13(18)22;1-3-7-6-8(7)9(12)11-15(13,14)10(2)4-5-10;1-3-5-7-6-4-2/h2-10H,1H3,(H,17,18);1,3-4,7,11,19H,2,5-6,8H2,(H2,18,22);3,7-8H,1,4-6H2,2H3,(H,11,12);3H,1,4-7H2,2H3. The number of hydrogen-bond acceptors (Lipinski definition) is 9. The van der Waals surface area contributed by atoms with Crippen LogP contribution in [-0.4, -0.2) is 73.4 Å². The minimum atomic E-state index is -4.78. The number of unbranched alkanes of at least 4 members (excludes halogenated alkanes) is 3. The van der Waals surface area contributed by atoms with E-state index in [2.05, 4.69) is 39.8 Å². The number of amides is 3. The largest absolute Gasteiger partial charge is 0.573 e. The number of aromatic nitrogens is 1. The van der Waals surface area contributed by atoms with Gasteiger partial charge in [0.25, 0.3) is 0 Å². The van der Waals surface area contributed by atoms with E-state index in [9.17, 15) is 40.8 Å². The van der Waals surface area contributed by atoms with Gasteiger partial charge in [0.05, 0.1) is 23.9 Å². The quantitative estimate of drug-likeness (QED) is 0.0673. The number of likely N-dealkylation sites (tertiary alicyclic amines) is 1. The Bertz CT molecular complexity index is 2400. The van der Waals surface area contributed by atoms with Crippen LogP contribution in [0.15, 0.2) is 109 Å². The van der Waals surface area contributed by atoms with Gasteiger partial charge in [0.2, 0.25) is 27.7 Å². The van der Waals surface area contributed by atoms with E-state index in [0.29, 0.717) is 43.3 Å². The Morgan fingerprint density at radius 3 is 2.31 bits per heavy atom. The third kappa shape index (κ3) is 15.0. The van der Waals surface area contributed by atoms with Crippen LogP contribution in [0.2, 0.25) is 0 Å². The molecular weight excluding hydrogens is 852 g/mol. The maximum Gasteiger partial charge on any atom is 0.573 e. The molecular formula is C47H58F3N5O8S. The highest BCUT2D eigenvalue weighted by atomic mass is 32.2. The fourth-order valence-corrected chi connectivity index (χ4v) is 7.97. The summed E-state index contributed by atoms with van der Waals surface area (Å²) in [7, 11) is -1.84. The lowest BCUT2D eigenvalue weighted by molar-refractivity contribution is -0.274. The Morgan fingerprint density at radius 1 is 1.00 bits per heavy atom. The van der Waals surface area contributed by atoms with Crippen molar-refractivity contribution in [3.05, 3.63) is 114 Å². The van der Waals surface area contributed by atoms with E-state index in [1.54, 1.807) is 38.3 Å². The summed E-state index contributed by atoms with van der Waals surface area (Å²) in [6, 6.07) is 21.4. The van der Waals surface area contributed by atoms with Crippen molar-refractivity contribution in [2.45, 2.75) is 88.8 Å². The molecule has 64 heavy (non-hydrogen) atoms. The lowest BCUT2D eigenvalue weighted by atomic mass is 10.1. The van der Waals surface area contributed by atoms with Crippen LogP contribution in [0.25, 0.3) is 22.2 Å². The molecule has 1 saturated heterocycles. The molecule has 17 heteroatoms. The highest BCUT2D eigenvalue weighted by molar-refractivity contribution is 7.91. The van der Waals surface area contributed by atoms with Gasteiger partial charge in [-0.2, -0.15) is 0 Å². The van der Waals surface area contributed by atoms with Crippen LogP contribution >= 0.6 is 0 Å². The fourth-order valence-electron chi connectivity index (χ4n) is 6.67. The number of ether oxygens (including phenoxy) is 2. The topological polar surface area (TPSA) is 190 Å². The van der Waals surface area contributed by atoms with E-state index in [1.165, 1.54) is 42.7 Å². The number of H-pyrrole nitrogens is 1. The molecule has 13 nitrogen and oxygen atoms in total. The van der Waals surface area contributed by atoms with Crippen LogP contribution in [0.5, 0.6) is 11.5 Å². The number of pyridine rings is 1. The van der Waals surface area contributed by atoms with Crippen LogP contribution in [0.4, 0.5) is 18.9 Å². The second-order valence-corrected chi connectivity index (χ2v) is 18.0. The van der Waals surface area contributed by atoms with Gasteiger partial charge in [-0.15, -0.1) is 26.3 Å². The second-order valence-electron chi connectivity index (χ2n) is 15.8. The van der Waals surface area contributed by atoms with Crippen LogP contribution in [0.3, 0.4) is 0 Å². The number of fused-ring (bicyclic) bond motifs is 1. The molecule has 3 unspecified atom stereocenters. The Kier molecular flexibility index (Phi) is 18.2. The van der Waals surface area contributed by atoms with Crippen molar-refractivity contribution >= 4 is 44.3 Å². The normalized spacial score (nSPS) is 18.0. The molecule has 3 aliphatic rings. The number of benzene rings is 3. The number of primary amides is 1. The van der Waals surface area contributed by atoms with Crippen LogP contribution < -0.4 is 30.7 Å². The Morgan fingerprint density at radius 2 is 1.72 bits per heavy atom. The molecule has 3 atom stereocenters. The SMILES string of the molecule is C=CC1CC1C(=O)NS(=O)(=O)C1(C)CC1.C=CCCCCC.COc1ccc2c(=O)cc(-c3ccccc3)[nH]c2c1.NC(=O)C1CCCN1C(=O)CNc1cccc(OC(F)(F)F)c1. The Balaban J connectivity index is 0.000000199. The fraction of sp³-hybridized carbons (Fsp3) is 0.404. The number of aromatic amines is 1. The molecule has 5 N–H and O–H groups in total. The van der Waals surface area contributed by atoms with Crippen molar-refractivity contribution in [1.29, 1.82) is 0 Å². The van der Waals surface area contributed by atoms with Crippen molar-refractivity contribution in [3.63, 3.8) is 0 Å². The number of carbonyl (C=O) groups is 3. The first-order chi connectivity index (χ1) is 30.3. The van der Waals surface area contributed by atoms with Gasteiger partial charge < -0.3 is 30.4 Å². The minimum Gasteiger partial charge on any atom is -0.497 e. The lowest BCUT2D eigenvalue weighted by Gasteiger charge is -2.22. The van der Waals surface area contributed by atoms with Crippen LogP contribution in [-0.2, 0) is 24.4 Å². The molecule has 1 aromatic heterocycles. The number of alkyl halides is 3. The number of nitrogens with one attached hydrogen (secondary N) is 3. The van der Waals surface area contributed by atoms with Crippen molar-refractivity contribution in [2.75, 3.05) is 25.5 Å². The average Bonchev–Trinajstić information content (AvgIpc) is 4.17. The van der Waals surface area contributed by atoms with Gasteiger partial charge in [-0.1, -0.05) is 68.3 Å². The molecule has 0 bridgehead atoms. The number of carbonyl (C=O) groups excluding carboxylic acids is 3. The molecule has 3 aromatic carbocycles. The number of halogens is 3. The number of nitrogens with two attached hydrogens (primary N) is 1. The number of anilines is 1. The molecule has 7 rings (SSSR count). The maximum atomic E-state index is 12.2. The number of methoxy groups -OCH3 is 1. The number of hydrogen-bond donors (Lipinski definition) is 4. The zero-order valence-corrected chi connectivity index (χ0v) is 37.2. The number of nitrogens with zero attached hydrogens (tertiary/aromatic N) is 1. The maximum absolute atomic E-state index is 12.2. The summed E-state index contributed by atoms with van der Waals surface area (Å²) < 4.78 is 70.3. The lowest BCUT2D eigenvalue weighted by Crippen LogP contribution is -2.45. The van der Waals surface area contributed by atoms with Gasteiger partial charge in [0.1, 0.15) is 17.5 Å². The Hall–Kier alpha value is -6.10. The first kappa shape index (κ1) is 50.5. The summed E-state index contributed by atoms with van der Waals surface area (Å²) in [4.78, 5) is 51.6. The third-order valence-electron chi connectivity index (χ3n) is 10.9. The monoisotopic (exact) mass is 909 g/mol. The molecule has 3 amide bonds. The van der Waals surface area contributed by atoms with Crippen molar-refractivity contribution in [2.24, 2.45) is 17.6 Å². The molecule has 4 aromatic rings. The number of sulfonamides is 1. The molecule has 0 spiro atoms. The zero-order valence-electron chi connectivity index (χ0n) is 36.4. The first-order valence-corrected chi connectivity index (χ1v) is 22.6. The predicted octanol–water partition coefficient (Wildman–Crippen LogP) is 8.24. The third-order valence-corrected chi connectivity index (χ3v) is 13.0. The smallest absolute Gasteiger partial charge is 0.497 e. The van der Waals surface area contributed by atoms with Crippen molar-refractivity contribution in [1.82, 2.24) is 14.6 Å². The second kappa shape index (κ2) is 23.0. The summed E-state index contributed by atoms with van der Waals surface area (Å²) in [5.41, 5.74) is 8.13. The highest BCUT2D eigenvalue weighted by Gasteiger charge is 2.52. The van der Waals surface area contributed by atoms with E-state index < -0.39 is 33.1 Å². The number of allylic oxidation sites excluding steroid dienone is 2. The van der Waals surface area contributed by atoms with Crippen LogP contribution in [0, 0.1) is 11.8 Å². The molecule has 1 aliphatic heterocycles. The number of rotatable bonds is 15.